The fourth-order valence-electron chi connectivity index (χ4n) is 3.08. The highest BCUT2D eigenvalue weighted by Crippen LogP contribution is 2.27. The maximum absolute atomic E-state index is 12.8. The number of halogens is 1. The zero-order chi connectivity index (χ0) is 23.7. The minimum Gasteiger partial charge on any atom is -0.309 e. The molecule has 7 nitrogen and oxygen atoms in total. The van der Waals surface area contributed by atoms with Crippen molar-refractivity contribution < 1.29 is 13.2 Å². The van der Waals surface area contributed by atoms with Crippen LogP contribution in [0.1, 0.15) is 32.0 Å². The zero-order valence-corrected chi connectivity index (χ0v) is 21.2. The molecule has 1 heterocycles. The molecule has 1 N–H and O–H groups in total. The van der Waals surface area contributed by atoms with Crippen molar-refractivity contribution in [2.45, 2.75) is 38.0 Å². The van der Waals surface area contributed by atoms with Crippen molar-refractivity contribution in [3.05, 3.63) is 70.3 Å². The Labute approximate surface area is 197 Å². The van der Waals surface area contributed by atoms with E-state index in [2.05, 4.69) is 21.2 Å². The minimum atomic E-state index is -3.80. The number of nitrogens with zero attached hydrogens (tertiary/aromatic N) is 3. The van der Waals surface area contributed by atoms with E-state index in [-0.39, 0.29) is 16.9 Å². The number of amides is 1. The summed E-state index contributed by atoms with van der Waals surface area (Å²) in [5, 5.41) is 7.56. The van der Waals surface area contributed by atoms with Crippen molar-refractivity contribution in [1.82, 2.24) is 14.1 Å². The number of hydrogen-bond donors (Lipinski definition) is 1. The molecular formula is C23H27BrN4O3S. The van der Waals surface area contributed by atoms with Gasteiger partial charge in [-0.25, -0.2) is 13.1 Å². The highest BCUT2D eigenvalue weighted by molar-refractivity contribution is 9.10. The van der Waals surface area contributed by atoms with Crippen LogP contribution in [0.25, 0.3) is 5.69 Å². The van der Waals surface area contributed by atoms with E-state index in [4.69, 9.17) is 5.10 Å². The lowest BCUT2D eigenvalue weighted by atomic mass is 9.92. The summed E-state index contributed by atoms with van der Waals surface area (Å²) in [6.45, 7) is 7.77. The van der Waals surface area contributed by atoms with E-state index in [0.717, 1.165) is 25.7 Å². The van der Waals surface area contributed by atoms with Crippen LogP contribution < -0.4 is 5.32 Å². The molecule has 170 valence electrons. The number of aromatic nitrogens is 2. The molecule has 0 bridgehead atoms. The average molecular weight is 519 g/mol. The van der Waals surface area contributed by atoms with Gasteiger partial charge >= 0.3 is 0 Å². The number of carbonyl (C=O) groups excluding carboxylic acids is 1. The Morgan fingerprint density at radius 3 is 2.34 bits per heavy atom. The van der Waals surface area contributed by atoms with Crippen LogP contribution in [0.2, 0.25) is 0 Å². The largest absolute Gasteiger partial charge is 0.309 e. The number of rotatable bonds is 6. The molecule has 3 rings (SSSR count). The summed E-state index contributed by atoms with van der Waals surface area (Å²) in [4.78, 5) is 12.9. The number of para-hydroxylation sites is 1. The molecule has 0 saturated heterocycles. The van der Waals surface area contributed by atoms with Crippen LogP contribution >= 0.6 is 15.9 Å². The molecule has 0 radical (unpaired) electrons. The molecule has 0 saturated carbocycles. The Balaban J connectivity index is 1.86. The zero-order valence-electron chi connectivity index (χ0n) is 18.8. The predicted molar refractivity (Wildman–Crippen MR) is 130 cm³/mol. The van der Waals surface area contributed by atoms with Crippen molar-refractivity contribution in [2.24, 2.45) is 0 Å². The number of hydrogen-bond acceptors (Lipinski definition) is 4. The van der Waals surface area contributed by atoms with Crippen LogP contribution in [0.15, 0.2) is 64.0 Å². The Morgan fingerprint density at radius 2 is 1.75 bits per heavy atom. The average Bonchev–Trinajstić information content (AvgIpc) is 3.12. The van der Waals surface area contributed by atoms with Crippen LogP contribution in [-0.2, 0) is 20.2 Å². The summed E-state index contributed by atoms with van der Waals surface area (Å²) in [7, 11) is -2.42. The van der Waals surface area contributed by atoms with Gasteiger partial charge in [-0.05, 0) is 42.8 Å². The lowest BCUT2D eigenvalue weighted by Gasteiger charge is -2.17. The Morgan fingerprint density at radius 1 is 1.12 bits per heavy atom. The highest BCUT2D eigenvalue weighted by Gasteiger charge is 2.25. The number of carbonyl (C=O) groups is 1. The number of sulfonamides is 1. The Bertz CT molecular complexity index is 1230. The van der Waals surface area contributed by atoms with Crippen molar-refractivity contribution in [3.8, 4) is 5.69 Å². The Kier molecular flexibility index (Phi) is 6.92. The minimum absolute atomic E-state index is 0.121. The number of nitrogens with one attached hydrogen (secondary N) is 1. The van der Waals surface area contributed by atoms with E-state index in [1.807, 2.05) is 58.0 Å². The quantitative estimate of drug-likeness (QED) is 0.520. The molecule has 0 unspecified atom stereocenters. The van der Waals surface area contributed by atoms with Gasteiger partial charge in [0.15, 0.2) is 0 Å². The van der Waals surface area contributed by atoms with Gasteiger partial charge in [0, 0.05) is 23.0 Å². The van der Waals surface area contributed by atoms with Gasteiger partial charge in [0.2, 0.25) is 15.9 Å². The highest BCUT2D eigenvalue weighted by atomic mass is 79.9. The van der Waals surface area contributed by atoms with Gasteiger partial charge in [-0.1, -0.05) is 54.9 Å². The van der Waals surface area contributed by atoms with Crippen LogP contribution in [0, 0.1) is 6.92 Å². The van der Waals surface area contributed by atoms with Gasteiger partial charge in [-0.15, -0.1) is 0 Å². The molecule has 9 heteroatoms. The third-order valence-electron chi connectivity index (χ3n) is 4.98. The van der Waals surface area contributed by atoms with E-state index < -0.39 is 15.9 Å². The Hall–Kier alpha value is -2.49. The molecule has 3 aromatic rings. The SMILES string of the molecule is Cc1ccccc1-n1nc(C(C)(C)C)cc1NC(=O)CN(C)S(=O)(=O)c1ccc(Br)cc1. The number of benzene rings is 2. The topological polar surface area (TPSA) is 84.3 Å². The van der Waals surface area contributed by atoms with Crippen LogP contribution in [-0.4, -0.2) is 42.0 Å². The third kappa shape index (κ3) is 5.28. The fourth-order valence-corrected chi connectivity index (χ4v) is 4.47. The molecule has 0 fully saturated rings. The number of likely N-dealkylation sites (N-methyl/N-ethyl adjacent to an activating group) is 1. The summed E-state index contributed by atoms with van der Waals surface area (Å²) in [6, 6.07) is 15.9. The van der Waals surface area contributed by atoms with Crippen LogP contribution in [0.5, 0.6) is 0 Å². The molecule has 1 amide bonds. The summed E-state index contributed by atoms with van der Waals surface area (Å²) in [6.07, 6.45) is 0. The van der Waals surface area contributed by atoms with Crippen molar-refractivity contribution in [3.63, 3.8) is 0 Å². The molecule has 1 aromatic heterocycles. The summed E-state index contributed by atoms with van der Waals surface area (Å²) in [5.41, 5.74) is 2.43. The molecule has 0 atom stereocenters. The maximum Gasteiger partial charge on any atom is 0.243 e. The predicted octanol–water partition coefficient (Wildman–Crippen LogP) is 4.50. The smallest absolute Gasteiger partial charge is 0.243 e. The third-order valence-corrected chi connectivity index (χ3v) is 7.32. The van der Waals surface area contributed by atoms with Gasteiger partial charge in [0.25, 0.3) is 0 Å². The molecule has 0 aliphatic heterocycles. The van der Waals surface area contributed by atoms with Gasteiger partial charge in [0.1, 0.15) is 5.82 Å². The molecule has 0 aliphatic carbocycles. The molecule has 0 spiro atoms. The monoisotopic (exact) mass is 518 g/mol. The normalized spacial score (nSPS) is 12.2. The standard InChI is InChI=1S/C23H27BrN4O3S/c1-16-8-6-7-9-19(16)28-21(14-20(26-28)23(2,3)4)25-22(29)15-27(5)32(30,31)18-12-10-17(24)11-13-18/h6-14H,15H2,1-5H3,(H,25,29). The first-order chi connectivity index (χ1) is 14.9. The van der Waals surface area contributed by atoms with Crippen LogP contribution in [0.3, 0.4) is 0 Å². The first-order valence-corrected chi connectivity index (χ1v) is 12.3. The van der Waals surface area contributed by atoms with Gasteiger partial charge in [0.05, 0.1) is 22.8 Å². The van der Waals surface area contributed by atoms with Crippen LogP contribution in [0.4, 0.5) is 5.82 Å². The van der Waals surface area contributed by atoms with Crippen molar-refractivity contribution in [1.29, 1.82) is 0 Å². The summed E-state index contributed by atoms with van der Waals surface area (Å²) < 4.78 is 29.1. The van der Waals surface area contributed by atoms with E-state index >= 15 is 0 Å². The fraction of sp³-hybridized carbons (Fsp3) is 0.304. The number of aryl methyl sites for hydroxylation is 1. The molecule has 32 heavy (non-hydrogen) atoms. The van der Waals surface area contributed by atoms with Gasteiger partial charge < -0.3 is 5.32 Å². The molecule has 2 aromatic carbocycles. The summed E-state index contributed by atoms with van der Waals surface area (Å²) in [5.74, 6) is 0.0343. The molecular weight excluding hydrogens is 492 g/mol. The second-order valence-corrected chi connectivity index (χ2v) is 11.6. The number of anilines is 1. The second-order valence-electron chi connectivity index (χ2n) is 8.63. The maximum atomic E-state index is 12.8. The van der Waals surface area contributed by atoms with Gasteiger partial charge in [-0.3, -0.25) is 4.79 Å². The van der Waals surface area contributed by atoms with Gasteiger partial charge in [-0.2, -0.15) is 9.40 Å². The summed E-state index contributed by atoms with van der Waals surface area (Å²) >= 11 is 3.29. The first-order valence-electron chi connectivity index (χ1n) is 10.1. The lowest BCUT2D eigenvalue weighted by molar-refractivity contribution is -0.116. The van der Waals surface area contributed by atoms with E-state index in [9.17, 15) is 13.2 Å². The van der Waals surface area contributed by atoms with E-state index in [1.165, 1.54) is 19.2 Å². The van der Waals surface area contributed by atoms with E-state index in [1.54, 1.807) is 16.8 Å². The first kappa shape index (κ1) is 24.2. The second kappa shape index (κ2) is 9.17. The molecule has 0 aliphatic rings. The van der Waals surface area contributed by atoms with E-state index in [0.29, 0.717) is 5.82 Å². The van der Waals surface area contributed by atoms with Crippen molar-refractivity contribution >= 4 is 37.7 Å². The lowest BCUT2D eigenvalue weighted by Crippen LogP contribution is -2.35. The van der Waals surface area contributed by atoms with Crippen molar-refractivity contribution in [2.75, 3.05) is 18.9 Å².